The maximum absolute atomic E-state index is 11.0. The molecular weight excluding hydrogens is 210 g/mol. The van der Waals surface area contributed by atoms with E-state index in [1.165, 1.54) is 0 Å². The molecule has 0 radical (unpaired) electrons. The minimum Gasteiger partial charge on any atom is -0.480 e. The molecule has 0 aliphatic carbocycles. The molecule has 7 heteroatoms. The number of sulfonamides is 1. The topological polar surface area (TPSA) is 92.7 Å². The van der Waals surface area contributed by atoms with Crippen LogP contribution in [0.5, 0.6) is 0 Å². The molecule has 0 aromatic rings. The van der Waals surface area contributed by atoms with Gasteiger partial charge in [0, 0.05) is 6.54 Å². The van der Waals surface area contributed by atoms with Crippen LogP contribution in [0, 0.1) is 0 Å². The number of carbonyl (C=O) groups is 1. The van der Waals surface area contributed by atoms with Crippen molar-refractivity contribution in [2.75, 3.05) is 25.5 Å². The maximum atomic E-state index is 11.0. The molecule has 0 saturated heterocycles. The van der Waals surface area contributed by atoms with Crippen LogP contribution >= 0.6 is 0 Å². The van der Waals surface area contributed by atoms with E-state index in [0.717, 1.165) is 0 Å². The Labute approximate surface area is 83.3 Å². The van der Waals surface area contributed by atoms with Crippen molar-refractivity contribution in [1.29, 1.82) is 0 Å². The van der Waals surface area contributed by atoms with Crippen LogP contribution in [-0.4, -0.2) is 45.0 Å². The first kappa shape index (κ1) is 13.3. The molecule has 6 nitrogen and oxygen atoms in total. The van der Waals surface area contributed by atoms with Gasteiger partial charge in [0.15, 0.2) is 0 Å². The third-order valence-electron chi connectivity index (χ3n) is 1.27. The Kier molecular flexibility index (Phi) is 6.43. The highest BCUT2D eigenvalue weighted by atomic mass is 32.2. The molecule has 84 valence electrons. The Bertz CT molecular complexity index is 261. The summed E-state index contributed by atoms with van der Waals surface area (Å²) in [5, 5.41) is 8.19. The van der Waals surface area contributed by atoms with E-state index in [0.29, 0.717) is 6.42 Å². The summed E-state index contributed by atoms with van der Waals surface area (Å²) in [6.07, 6.45) is 0.547. The average Bonchev–Trinajstić information content (AvgIpc) is 2.02. The summed E-state index contributed by atoms with van der Waals surface area (Å²) in [6.45, 7) is 1.53. The molecule has 0 saturated carbocycles. The monoisotopic (exact) mass is 225 g/mol. The zero-order chi connectivity index (χ0) is 11.0. The molecule has 0 atom stereocenters. The number of carboxylic acid groups (broad SMARTS) is 1. The number of hydrogen-bond donors (Lipinski definition) is 2. The van der Waals surface area contributed by atoms with Gasteiger partial charge >= 0.3 is 5.97 Å². The van der Waals surface area contributed by atoms with Gasteiger partial charge in [-0.1, -0.05) is 6.92 Å². The second-order valence-corrected chi connectivity index (χ2v) is 4.59. The predicted octanol–water partition coefficient (Wildman–Crippen LogP) is -0.583. The molecule has 0 aromatic carbocycles. The van der Waals surface area contributed by atoms with Gasteiger partial charge in [0.05, 0.1) is 12.4 Å². The summed E-state index contributed by atoms with van der Waals surface area (Å²) in [5.41, 5.74) is 0. The van der Waals surface area contributed by atoms with E-state index in [9.17, 15) is 13.2 Å². The van der Waals surface area contributed by atoms with Crippen LogP contribution in [-0.2, 0) is 19.6 Å². The fraction of sp³-hybridized carbons (Fsp3) is 0.857. The summed E-state index contributed by atoms with van der Waals surface area (Å²) in [5.74, 6) is -0.993. The number of nitrogens with one attached hydrogen (secondary N) is 1. The number of hydrogen-bond acceptors (Lipinski definition) is 4. The van der Waals surface area contributed by atoms with Crippen LogP contribution in [0.25, 0.3) is 0 Å². The smallest absolute Gasteiger partial charge is 0.329 e. The molecule has 0 aliphatic heterocycles. The van der Waals surface area contributed by atoms with Crippen molar-refractivity contribution in [3.8, 4) is 0 Å². The molecule has 0 unspecified atom stereocenters. The van der Waals surface area contributed by atoms with Gasteiger partial charge in [-0.2, -0.15) is 0 Å². The normalized spacial score (nSPS) is 11.5. The molecule has 0 amide bonds. The highest BCUT2D eigenvalue weighted by Gasteiger charge is 2.06. The highest BCUT2D eigenvalue weighted by molar-refractivity contribution is 7.89. The number of rotatable bonds is 8. The quantitative estimate of drug-likeness (QED) is 0.539. The van der Waals surface area contributed by atoms with Crippen LogP contribution in [0.15, 0.2) is 0 Å². The first-order valence-corrected chi connectivity index (χ1v) is 5.90. The molecule has 2 N–H and O–H groups in total. The van der Waals surface area contributed by atoms with Crippen molar-refractivity contribution in [2.24, 2.45) is 0 Å². The van der Waals surface area contributed by atoms with Gasteiger partial charge in [0.2, 0.25) is 10.0 Å². The second-order valence-electron chi connectivity index (χ2n) is 2.66. The fourth-order valence-corrected chi connectivity index (χ4v) is 1.85. The van der Waals surface area contributed by atoms with Gasteiger partial charge in [-0.05, 0) is 6.42 Å². The highest BCUT2D eigenvalue weighted by Crippen LogP contribution is 1.87. The van der Waals surface area contributed by atoms with Gasteiger partial charge in [-0.3, -0.25) is 0 Å². The van der Waals surface area contributed by atoms with E-state index >= 15 is 0 Å². The molecule has 0 aliphatic rings. The molecule has 14 heavy (non-hydrogen) atoms. The number of ether oxygens (including phenoxy) is 1. The SMILES string of the molecule is CCCS(=O)(=O)NCCOCC(=O)O. The van der Waals surface area contributed by atoms with Crippen LogP contribution in [0.3, 0.4) is 0 Å². The van der Waals surface area contributed by atoms with Gasteiger partial charge in [0.25, 0.3) is 0 Å². The zero-order valence-corrected chi connectivity index (χ0v) is 8.84. The summed E-state index contributed by atoms with van der Waals surface area (Å²) in [4.78, 5) is 10.00. The second kappa shape index (κ2) is 6.74. The van der Waals surface area contributed by atoms with Crippen LogP contribution in [0.2, 0.25) is 0 Å². The van der Waals surface area contributed by atoms with E-state index in [2.05, 4.69) is 9.46 Å². The molecule has 0 bridgehead atoms. The van der Waals surface area contributed by atoms with Crippen LogP contribution in [0.4, 0.5) is 0 Å². The molecular formula is C7H15NO5S. The van der Waals surface area contributed by atoms with Crippen molar-refractivity contribution < 1.29 is 23.1 Å². The van der Waals surface area contributed by atoms with E-state index in [1.807, 2.05) is 0 Å². The lowest BCUT2D eigenvalue weighted by molar-refractivity contribution is -0.142. The Morgan fingerprint density at radius 3 is 2.64 bits per heavy atom. The molecule has 0 aromatic heterocycles. The summed E-state index contributed by atoms with van der Waals surface area (Å²) in [6, 6.07) is 0. The van der Waals surface area contributed by atoms with E-state index in [-0.39, 0.29) is 18.9 Å². The van der Waals surface area contributed by atoms with Crippen molar-refractivity contribution in [2.45, 2.75) is 13.3 Å². The van der Waals surface area contributed by atoms with Crippen LogP contribution < -0.4 is 4.72 Å². The van der Waals surface area contributed by atoms with E-state index in [1.54, 1.807) is 6.92 Å². The molecule has 0 fully saturated rings. The van der Waals surface area contributed by atoms with Crippen molar-refractivity contribution in [3.63, 3.8) is 0 Å². The third-order valence-corrected chi connectivity index (χ3v) is 2.86. The van der Waals surface area contributed by atoms with E-state index in [4.69, 9.17) is 5.11 Å². The van der Waals surface area contributed by atoms with Crippen molar-refractivity contribution >= 4 is 16.0 Å². The van der Waals surface area contributed by atoms with Crippen molar-refractivity contribution in [3.05, 3.63) is 0 Å². The lowest BCUT2D eigenvalue weighted by Crippen LogP contribution is -2.29. The Morgan fingerprint density at radius 2 is 2.14 bits per heavy atom. The molecule has 0 heterocycles. The molecule has 0 rings (SSSR count). The fourth-order valence-electron chi connectivity index (χ4n) is 0.770. The summed E-state index contributed by atoms with van der Waals surface area (Å²) >= 11 is 0. The first-order valence-electron chi connectivity index (χ1n) is 4.25. The van der Waals surface area contributed by atoms with Gasteiger partial charge in [0.1, 0.15) is 6.61 Å². The van der Waals surface area contributed by atoms with Crippen molar-refractivity contribution in [1.82, 2.24) is 4.72 Å². The zero-order valence-electron chi connectivity index (χ0n) is 8.02. The number of carboxylic acids is 1. The summed E-state index contributed by atoms with van der Waals surface area (Å²) < 4.78 is 29.0. The lowest BCUT2D eigenvalue weighted by Gasteiger charge is -2.04. The summed E-state index contributed by atoms with van der Waals surface area (Å²) in [7, 11) is -3.21. The van der Waals surface area contributed by atoms with Gasteiger partial charge in [-0.15, -0.1) is 0 Å². The molecule has 0 spiro atoms. The Hall–Kier alpha value is -0.660. The predicted molar refractivity (Wildman–Crippen MR) is 50.5 cm³/mol. The van der Waals surface area contributed by atoms with Gasteiger partial charge < -0.3 is 9.84 Å². The lowest BCUT2D eigenvalue weighted by atomic mass is 10.6. The Morgan fingerprint density at radius 1 is 1.50 bits per heavy atom. The van der Waals surface area contributed by atoms with E-state index < -0.39 is 22.6 Å². The minimum absolute atomic E-state index is 0.0647. The average molecular weight is 225 g/mol. The number of aliphatic carboxylic acids is 1. The largest absolute Gasteiger partial charge is 0.480 e. The maximum Gasteiger partial charge on any atom is 0.329 e. The first-order chi connectivity index (χ1) is 6.48. The van der Waals surface area contributed by atoms with Gasteiger partial charge in [-0.25, -0.2) is 17.9 Å². The minimum atomic E-state index is -3.21. The van der Waals surface area contributed by atoms with Crippen LogP contribution in [0.1, 0.15) is 13.3 Å². The third kappa shape index (κ3) is 7.96. The Balaban J connectivity index is 3.49. The standard InChI is InChI=1S/C7H15NO5S/c1-2-5-14(11,12)8-3-4-13-6-7(9)10/h8H,2-6H2,1H3,(H,9,10).